The second-order valence-corrected chi connectivity index (χ2v) is 4.33. The zero-order valence-corrected chi connectivity index (χ0v) is 10.2. The van der Waals surface area contributed by atoms with Gasteiger partial charge in [0.25, 0.3) is 0 Å². The van der Waals surface area contributed by atoms with Crippen LogP contribution in [0.3, 0.4) is 0 Å². The van der Waals surface area contributed by atoms with Crippen molar-refractivity contribution in [1.29, 1.82) is 0 Å². The molecule has 0 amide bonds. The van der Waals surface area contributed by atoms with Gasteiger partial charge in [-0.05, 0) is 37.3 Å². The minimum atomic E-state index is -0.547. The lowest BCUT2D eigenvalue weighted by Gasteiger charge is -2.03. The normalized spacial score (nSPS) is 11.1. The third-order valence-electron chi connectivity index (χ3n) is 3.06. The first-order valence-electron chi connectivity index (χ1n) is 5.77. The molecule has 0 aliphatic heterocycles. The van der Waals surface area contributed by atoms with E-state index in [1.165, 1.54) is 0 Å². The smallest absolute Gasteiger partial charge is 0.139 e. The van der Waals surface area contributed by atoms with Crippen molar-refractivity contribution in [2.45, 2.75) is 6.92 Å². The van der Waals surface area contributed by atoms with Crippen LogP contribution in [0.2, 0.25) is 0 Å². The van der Waals surface area contributed by atoms with Gasteiger partial charge in [-0.2, -0.15) is 0 Å². The van der Waals surface area contributed by atoms with E-state index < -0.39 is 11.6 Å². The van der Waals surface area contributed by atoms with Gasteiger partial charge in [0.15, 0.2) is 0 Å². The molecule has 0 spiro atoms. The minimum Gasteiger partial charge on any atom is -0.383 e. The maximum atomic E-state index is 13.8. The Balaban J connectivity index is 2.34. The number of imidazole rings is 1. The third kappa shape index (κ3) is 1.74. The first kappa shape index (κ1) is 11.6. The Bertz CT molecular complexity index is 778. The van der Waals surface area contributed by atoms with Crippen LogP contribution in [0, 0.1) is 18.6 Å². The van der Waals surface area contributed by atoms with Crippen LogP contribution in [-0.4, -0.2) is 9.38 Å². The molecule has 3 aromatic rings. The fraction of sp³-hybridized carbons (Fsp3) is 0.0714. The lowest BCUT2D eigenvalue weighted by molar-refractivity contribution is 0.603. The van der Waals surface area contributed by atoms with Gasteiger partial charge in [-0.1, -0.05) is 6.07 Å². The lowest BCUT2D eigenvalue weighted by atomic mass is 10.1. The number of benzene rings is 1. The third-order valence-corrected chi connectivity index (χ3v) is 3.06. The first-order valence-corrected chi connectivity index (χ1v) is 5.77. The van der Waals surface area contributed by atoms with Crippen molar-refractivity contribution in [2.24, 2.45) is 0 Å². The summed E-state index contributed by atoms with van der Waals surface area (Å²) in [4.78, 5) is 4.28. The second-order valence-electron chi connectivity index (χ2n) is 4.33. The molecule has 0 aliphatic carbocycles. The molecule has 0 fully saturated rings. The number of nitrogens with two attached hydrogens (primary N) is 1. The summed E-state index contributed by atoms with van der Waals surface area (Å²) >= 11 is 0. The van der Waals surface area contributed by atoms with E-state index in [0.29, 0.717) is 11.5 Å². The molecule has 0 atom stereocenters. The number of pyridine rings is 1. The highest BCUT2D eigenvalue weighted by molar-refractivity contribution is 5.75. The van der Waals surface area contributed by atoms with Gasteiger partial charge in [0.05, 0.1) is 0 Å². The van der Waals surface area contributed by atoms with Crippen LogP contribution in [0.4, 0.5) is 14.6 Å². The van der Waals surface area contributed by atoms with Gasteiger partial charge in [0.1, 0.15) is 28.8 Å². The van der Waals surface area contributed by atoms with Crippen LogP contribution in [0.5, 0.6) is 0 Å². The average molecular weight is 259 g/mol. The zero-order chi connectivity index (χ0) is 13.6. The Morgan fingerprint density at radius 1 is 1.16 bits per heavy atom. The number of fused-ring (bicyclic) bond motifs is 1. The van der Waals surface area contributed by atoms with E-state index in [1.54, 1.807) is 10.5 Å². The molecule has 2 heterocycles. The molecule has 2 N–H and O–H groups in total. The molecule has 2 aromatic heterocycles. The summed E-state index contributed by atoms with van der Waals surface area (Å²) in [5.41, 5.74) is 7.82. The maximum Gasteiger partial charge on any atom is 0.139 e. The van der Waals surface area contributed by atoms with Crippen LogP contribution in [0.15, 0.2) is 36.4 Å². The molecule has 1 aromatic carbocycles. The monoisotopic (exact) mass is 259 g/mol. The van der Waals surface area contributed by atoms with Crippen molar-refractivity contribution in [1.82, 2.24) is 9.38 Å². The van der Waals surface area contributed by atoms with E-state index in [4.69, 9.17) is 5.73 Å². The van der Waals surface area contributed by atoms with Gasteiger partial charge >= 0.3 is 0 Å². The molecular formula is C14H11F2N3. The molecule has 0 saturated carbocycles. The van der Waals surface area contributed by atoms with Gasteiger partial charge < -0.3 is 5.73 Å². The van der Waals surface area contributed by atoms with Gasteiger partial charge in [0, 0.05) is 11.3 Å². The SMILES string of the molecule is Cc1cccc2nc(-c3cc(F)ccc3F)c(N)n12. The Hall–Kier alpha value is -2.43. The number of anilines is 1. The molecule has 19 heavy (non-hydrogen) atoms. The molecule has 3 rings (SSSR count). The van der Waals surface area contributed by atoms with Crippen molar-refractivity contribution in [2.75, 3.05) is 5.73 Å². The molecule has 0 saturated heterocycles. The van der Waals surface area contributed by atoms with Crippen LogP contribution in [0.25, 0.3) is 16.9 Å². The molecule has 3 nitrogen and oxygen atoms in total. The molecule has 0 bridgehead atoms. The Labute approximate surface area is 108 Å². The first-order chi connectivity index (χ1) is 9.08. The number of nitrogen functional groups attached to an aromatic ring is 1. The summed E-state index contributed by atoms with van der Waals surface area (Å²) in [6.45, 7) is 1.87. The maximum absolute atomic E-state index is 13.8. The molecule has 96 valence electrons. The number of aryl methyl sites for hydroxylation is 1. The summed E-state index contributed by atoms with van der Waals surface area (Å²) < 4.78 is 28.8. The van der Waals surface area contributed by atoms with Crippen molar-refractivity contribution in [3.8, 4) is 11.3 Å². The fourth-order valence-electron chi connectivity index (χ4n) is 2.16. The summed E-state index contributed by atoms with van der Waals surface area (Å²) in [5.74, 6) is -0.767. The van der Waals surface area contributed by atoms with Crippen LogP contribution in [0.1, 0.15) is 5.69 Å². The van der Waals surface area contributed by atoms with E-state index in [2.05, 4.69) is 4.98 Å². The van der Waals surface area contributed by atoms with E-state index in [1.807, 2.05) is 19.1 Å². The average Bonchev–Trinajstić information content (AvgIpc) is 2.71. The fourth-order valence-corrected chi connectivity index (χ4v) is 2.16. The predicted molar refractivity (Wildman–Crippen MR) is 69.7 cm³/mol. The predicted octanol–water partition coefficient (Wildman–Crippen LogP) is 3.17. The minimum absolute atomic E-state index is 0.0700. The summed E-state index contributed by atoms with van der Waals surface area (Å²) in [6.07, 6.45) is 0. The Morgan fingerprint density at radius 2 is 1.95 bits per heavy atom. The Morgan fingerprint density at radius 3 is 2.68 bits per heavy atom. The summed E-state index contributed by atoms with van der Waals surface area (Å²) in [6, 6.07) is 8.71. The number of nitrogens with zero attached hydrogens (tertiary/aromatic N) is 2. The van der Waals surface area contributed by atoms with Crippen molar-refractivity contribution in [3.05, 3.63) is 53.7 Å². The lowest BCUT2D eigenvalue weighted by Crippen LogP contribution is -1.98. The van der Waals surface area contributed by atoms with Crippen molar-refractivity contribution in [3.63, 3.8) is 0 Å². The highest BCUT2D eigenvalue weighted by Crippen LogP contribution is 2.29. The molecule has 0 radical (unpaired) electrons. The number of hydrogen-bond acceptors (Lipinski definition) is 2. The number of hydrogen-bond donors (Lipinski definition) is 1. The van der Waals surface area contributed by atoms with Crippen LogP contribution >= 0.6 is 0 Å². The highest BCUT2D eigenvalue weighted by atomic mass is 19.1. The molecule has 5 heteroatoms. The summed E-state index contributed by atoms with van der Waals surface area (Å²) in [5, 5.41) is 0. The van der Waals surface area contributed by atoms with E-state index >= 15 is 0 Å². The van der Waals surface area contributed by atoms with E-state index in [9.17, 15) is 8.78 Å². The highest BCUT2D eigenvalue weighted by Gasteiger charge is 2.16. The van der Waals surface area contributed by atoms with Crippen LogP contribution < -0.4 is 5.73 Å². The standard InChI is InChI=1S/C14H11F2N3/c1-8-3-2-4-12-18-13(14(17)19(8)12)10-7-9(15)5-6-11(10)16/h2-7H,17H2,1H3. The van der Waals surface area contributed by atoms with Crippen molar-refractivity contribution >= 4 is 11.5 Å². The topological polar surface area (TPSA) is 43.3 Å². The van der Waals surface area contributed by atoms with E-state index in [0.717, 1.165) is 23.9 Å². The quantitative estimate of drug-likeness (QED) is 0.729. The largest absolute Gasteiger partial charge is 0.383 e. The number of rotatable bonds is 1. The van der Waals surface area contributed by atoms with Crippen LogP contribution in [-0.2, 0) is 0 Å². The van der Waals surface area contributed by atoms with Gasteiger partial charge in [-0.15, -0.1) is 0 Å². The molecule has 0 unspecified atom stereocenters. The zero-order valence-electron chi connectivity index (χ0n) is 10.2. The van der Waals surface area contributed by atoms with Gasteiger partial charge in [0.2, 0.25) is 0 Å². The second kappa shape index (κ2) is 4.05. The van der Waals surface area contributed by atoms with E-state index in [-0.39, 0.29) is 11.3 Å². The summed E-state index contributed by atoms with van der Waals surface area (Å²) in [7, 11) is 0. The Kier molecular flexibility index (Phi) is 2.48. The molecule has 0 aliphatic rings. The molecular weight excluding hydrogens is 248 g/mol. The van der Waals surface area contributed by atoms with Gasteiger partial charge in [-0.3, -0.25) is 4.40 Å². The number of aromatic nitrogens is 2. The van der Waals surface area contributed by atoms with Crippen molar-refractivity contribution < 1.29 is 8.78 Å². The number of halogens is 2. The van der Waals surface area contributed by atoms with Gasteiger partial charge in [-0.25, -0.2) is 13.8 Å².